The van der Waals surface area contributed by atoms with Crippen LogP contribution in [0.1, 0.15) is 32.5 Å². The largest absolute Gasteiger partial charge is 0.334 e. The van der Waals surface area contributed by atoms with E-state index in [1.807, 2.05) is 24.6 Å². The summed E-state index contributed by atoms with van der Waals surface area (Å²) in [6, 6.07) is 0. The maximum atomic E-state index is 11.3. The summed E-state index contributed by atoms with van der Waals surface area (Å²) in [6.45, 7) is 6.27. The summed E-state index contributed by atoms with van der Waals surface area (Å²) in [7, 11) is -2.89. The fourth-order valence-corrected chi connectivity index (χ4v) is 2.16. The van der Waals surface area contributed by atoms with Crippen LogP contribution >= 0.6 is 0 Å². The molecule has 1 aromatic rings. The van der Waals surface area contributed by atoms with E-state index in [4.69, 9.17) is 0 Å². The molecule has 5 heteroatoms. The second-order valence-corrected chi connectivity index (χ2v) is 6.34. The van der Waals surface area contributed by atoms with E-state index in [1.165, 1.54) is 0 Å². The van der Waals surface area contributed by atoms with Crippen molar-refractivity contribution in [1.82, 2.24) is 9.55 Å². The van der Waals surface area contributed by atoms with Crippen LogP contribution in [0.5, 0.6) is 0 Å². The molecule has 0 bridgehead atoms. The van der Waals surface area contributed by atoms with Crippen LogP contribution in [0.3, 0.4) is 0 Å². The van der Waals surface area contributed by atoms with Gasteiger partial charge >= 0.3 is 0 Å². The van der Waals surface area contributed by atoms with Gasteiger partial charge in [0, 0.05) is 30.6 Å². The van der Waals surface area contributed by atoms with Crippen molar-refractivity contribution in [1.29, 1.82) is 0 Å². The Kier molecular flexibility index (Phi) is 3.90. The molecule has 86 valence electrons. The molecule has 0 radical (unpaired) electrons. The molecule has 1 heterocycles. The standard InChI is InChI=1S/C10H18N2O2S/c1-4-15(13,14)8-7-12-6-5-11-10(12)9(2)3/h5-6,9H,4,7-8H2,1-3H3. The second kappa shape index (κ2) is 4.79. The molecule has 1 aromatic heterocycles. The highest BCUT2D eigenvalue weighted by Crippen LogP contribution is 2.11. The molecular weight excluding hydrogens is 212 g/mol. The summed E-state index contributed by atoms with van der Waals surface area (Å²) in [4.78, 5) is 4.21. The average Bonchev–Trinajstić information content (AvgIpc) is 2.63. The highest BCUT2D eigenvalue weighted by atomic mass is 32.2. The SMILES string of the molecule is CCS(=O)(=O)CCn1ccnc1C(C)C. The molecule has 4 nitrogen and oxygen atoms in total. The Balaban J connectivity index is 2.70. The van der Waals surface area contributed by atoms with Crippen molar-refractivity contribution in [3.8, 4) is 0 Å². The van der Waals surface area contributed by atoms with Crippen molar-refractivity contribution in [2.45, 2.75) is 33.2 Å². The van der Waals surface area contributed by atoms with Gasteiger partial charge in [-0.05, 0) is 0 Å². The van der Waals surface area contributed by atoms with Crippen LogP contribution < -0.4 is 0 Å². The molecule has 1 rings (SSSR count). The lowest BCUT2D eigenvalue weighted by molar-refractivity contribution is 0.584. The maximum absolute atomic E-state index is 11.3. The minimum Gasteiger partial charge on any atom is -0.334 e. The third kappa shape index (κ3) is 3.34. The number of hydrogen-bond donors (Lipinski definition) is 0. The fourth-order valence-electron chi connectivity index (χ4n) is 1.39. The van der Waals surface area contributed by atoms with Gasteiger partial charge in [-0.3, -0.25) is 0 Å². The number of nitrogens with zero attached hydrogens (tertiary/aromatic N) is 2. The highest BCUT2D eigenvalue weighted by molar-refractivity contribution is 7.91. The van der Waals surface area contributed by atoms with Crippen molar-refractivity contribution in [3.63, 3.8) is 0 Å². The van der Waals surface area contributed by atoms with Gasteiger partial charge in [0.05, 0.1) is 5.75 Å². The quantitative estimate of drug-likeness (QED) is 0.769. The van der Waals surface area contributed by atoms with Gasteiger partial charge in [-0.1, -0.05) is 20.8 Å². The van der Waals surface area contributed by atoms with Crippen LogP contribution in [0.15, 0.2) is 12.4 Å². The molecule has 0 aromatic carbocycles. The molecule has 0 aliphatic rings. The van der Waals surface area contributed by atoms with E-state index < -0.39 is 9.84 Å². The Morgan fingerprint density at radius 2 is 2.13 bits per heavy atom. The Labute approximate surface area is 91.3 Å². The van der Waals surface area contributed by atoms with E-state index in [0.29, 0.717) is 12.5 Å². The number of sulfone groups is 1. The minimum atomic E-state index is -2.89. The molecule has 0 saturated heterocycles. The summed E-state index contributed by atoms with van der Waals surface area (Å²) >= 11 is 0. The maximum Gasteiger partial charge on any atom is 0.151 e. The zero-order chi connectivity index (χ0) is 11.5. The summed E-state index contributed by atoms with van der Waals surface area (Å²) in [5, 5.41) is 0. The number of imidazole rings is 1. The minimum absolute atomic E-state index is 0.194. The summed E-state index contributed by atoms with van der Waals surface area (Å²) < 4.78 is 24.6. The normalized spacial score (nSPS) is 12.3. The molecule has 15 heavy (non-hydrogen) atoms. The van der Waals surface area contributed by atoms with Crippen molar-refractivity contribution in [3.05, 3.63) is 18.2 Å². The molecule has 0 unspecified atom stereocenters. The Morgan fingerprint density at radius 3 is 2.67 bits per heavy atom. The van der Waals surface area contributed by atoms with Crippen molar-refractivity contribution < 1.29 is 8.42 Å². The first-order valence-corrected chi connectivity index (χ1v) is 7.00. The van der Waals surface area contributed by atoms with Crippen molar-refractivity contribution in [2.24, 2.45) is 0 Å². The first kappa shape index (κ1) is 12.2. The molecule has 0 aliphatic heterocycles. The van der Waals surface area contributed by atoms with Gasteiger partial charge in [0.25, 0.3) is 0 Å². The predicted octanol–water partition coefficient (Wildman–Crippen LogP) is 1.44. The molecular formula is C10H18N2O2S. The van der Waals surface area contributed by atoms with Crippen LogP contribution in [-0.2, 0) is 16.4 Å². The van der Waals surface area contributed by atoms with Gasteiger partial charge in [0.2, 0.25) is 0 Å². The van der Waals surface area contributed by atoms with Crippen molar-refractivity contribution >= 4 is 9.84 Å². The predicted molar refractivity (Wildman–Crippen MR) is 60.6 cm³/mol. The zero-order valence-corrected chi connectivity index (χ0v) is 10.3. The van der Waals surface area contributed by atoms with Gasteiger partial charge in [-0.2, -0.15) is 0 Å². The van der Waals surface area contributed by atoms with E-state index in [9.17, 15) is 8.42 Å². The molecule has 0 spiro atoms. The molecule has 0 amide bonds. The smallest absolute Gasteiger partial charge is 0.151 e. The zero-order valence-electron chi connectivity index (χ0n) is 9.47. The van der Waals surface area contributed by atoms with E-state index in [-0.39, 0.29) is 11.5 Å². The van der Waals surface area contributed by atoms with Gasteiger partial charge in [0.15, 0.2) is 9.84 Å². The molecule has 0 N–H and O–H groups in total. The van der Waals surface area contributed by atoms with Crippen LogP contribution in [-0.4, -0.2) is 29.5 Å². The van der Waals surface area contributed by atoms with E-state index in [0.717, 1.165) is 5.82 Å². The summed E-state index contributed by atoms with van der Waals surface area (Å²) in [5.41, 5.74) is 0. The van der Waals surface area contributed by atoms with E-state index in [1.54, 1.807) is 13.1 Å². The fraction of sp³-hybridized carbons (Fsp3) is 0.700. The monoisotopic (exact) mass is 230 g/mol. The lowest BCUT2D eigenvalue weighted by Crippen LogP contribution is -2.16. The lowest BCUT2D eigenvalue weighted by atomic mass is 10.2. The van der Waals surface area contributed by atoms with Gasteiger partial charge in [0.1, 0.15) is 5.82 Å². The van der Waals surface area contributed by atoms with E-state index >= 15 is 0 Å². The topological polar surface area (TPSA) is 52.0 Å². The Morgan fingerprint density at radius 1 is 1.47 bits per heavy atom. The summed E-state index contributed by atoms with van der Waals surface area (Å²) in [5.74, 6) is 1.67. The average molecular weight is 230 g/mol. The number of aryl methyl sites for hydroxylation is 1. The van der Waals surface area contributed by atoms with Crippen LogP contribution in [0, 0.1) is 0 Å². The van der Waals surface area contributed by atoms with Crippen molar-refractivity contribution in [2.75, 3.05) is 11.5 Å². The third-order valence-corrected chi connectivity index (χ3v) is 4.03. The van der Waals surface area contributed by atoms with Crippen LogP contribution in [0.2, 0.25) is 0 Å². The second-order valence-electron chi connectivity index (χ2n) is 3.87. The third-order valence-electron chi connectivity index (χ3n) is 2.35. The van der Waals surface area contributed by atoms with Gasteiger partial charge in [-0.15, -0.1) is 0 Å². The Bertz CT molecular complexity index is 407. The molecule has 0 aliphatic carbocycles. The molecule has 0 atom stereocenters. The number of hydrogen-bond acceptors (Lipinski definition) is 3. The van der Waals surface area contributed by atoms with Gasteiger partial charge < -0.3 is 4.57 Å². The van der Waals surface area contributed by atoms with Gasteiger partial charge in [-0.25, -0.2) is 13.4 Å². The number of aromatic nitrogens is 2. The first-order chi connectivity index (χ1) is 6.96. The molecule has 0 fully saturated rings. The van der Waals surface area contributed by atoms with E-state index in [2.05, 4.69) is 4.98 Å². The first-order valence-electron chi connectivity index (χ1n) is 5.17. The van der Waals surface area contributed by atoms with Crippen LogP contribution in [0.25, 0.3) is 0 Å². The summed E-state index contributed by atoms with van der Waals surface area (Å²) in [6.07, 6.45) is 3.55. The molecule has 0 saturated carbocycles. The number of rotatable bonds is 5. The van der Waals surface area contributed by atoms with Crippen LogP contribution in [0.4, 0.5) is 0 Å². The highest BCUT2D eigenvalue weighted by Gasteiger charge is 2.11. The Hall–Kier alpha value is -0.840. The lowest BCUT2D eigenvalue weighted by Gasteiger charge is -2.09.